The number of nitrogens with zero attached hydrogens (tertiary/aromatic N) is 1. The highest BCUT2D eigenvalue weighted by Crippen LogP contribution is 2.30. The minimum atomic E-state index is -4.03. The standard InChI is InChI=1S/C25H24F2N4O4S/c1-15-8-10-17(14-19(15)26)29-25(33)31-12-4-6-22(31)24(32)30-21-11-9-16(13-20(21)27)18-5-2-3-7-23(18)36(28,34)35/h2-3,5,7-11,13-14,22H,4,6,12H2,1H3,(H,29,33)(H,30,32)(H2,28,34,35). The number of rotatable bonds is 5. The number of carbonyl (C=O) groups excluding carboxylic acids is 2. The van der Waals surface area contributed by atoms with Gasteiger partial charge in [-0.25, -0.2) is 27.1 Å². The molecule has 1 heterocycles. The number of amides is 3. The number of nitrogens with two attached hydrogens (primary N) is 1. The molecule has 1 saturated heterocycles. The average molecular weight is 515 g/mol. The molecule has 0 aliphatic carbocycles. The summed E-state index contributed by atoms with van der Waals surface area (Å²) in [5.41, 5.74) is 1.07. The van der Waals surface area contributed by atoms with Crippen molar-refractivity contribution in [2.45, 2.75) is 30.7 Å². The van der Waals surface area contributed by atoms with Crippen LogP contribution in [-0.2, 0) is 14.8 Å². The van der Waals surface area contributed by atoms with E-state index in [1.54, 1.807) is 19.1 Å². The maximum Gasteiger partial charge on any atom is 0.322 e. The van der Waals surface area contributed by atoms with Gasteiger partial charge in [-0.15, -0.1) is 0 Å². The van der Waals surface area contributed by atoms with Gasteiger partial charge >= 0.3 is 6.03 Å². The average Bonchev–Trinajstić information content (AvgIpc) is 3.33. The SMILES string of the molecule is Cc1ccc(NC(=O)N2CCCC2C(=O)Nc2ccc(-c3ccccc3S(N)(=O)=O)cc2F)cc1F. The van der Waals surface area contributed by atoms with Gasteiger partial charge in [-0.3, -0.25) is 4.79 Å². The van der Waals surface area contributed by atoms with E-state index in [0.717, 1.165) is 6.07 Å². The summed E-state index contributed by atoms with van der Waals surface area (Å²) in [4.78, 5) is 26.8. The quantitative estimate of drug-likeness (QED) is 0.472. The van der Waals surface area contributed by atoms with Crippen LogP contribution < -0.4 is 15.8 Å². The lowest BCUT2D eigenvalue weighted by atomic mass is 10.0. The van der Waals surface area contributed by atoms with Crippen LogP contribution in [0.2, 0.25) is 0 Å². The molecule has 11 heteroatoms. The molecule has 1 unspecified atom stereocenters. The first-order valence-corrected chi connectivity index (χ1v) is 12.7. The number of urea groups is 1. The van der Waals surface area contributed by atoms with E-state index in [0.29, 0.717) is 24.9 Å². The fourth-order valence-corrected chi connectivity index (χ4v) is 4.86. The Hall–Kier alpha value is -3.83. The predicted molar refractivity (Wildman–Crippen MR) is 132 cm³/mol. The van der Waals surface area contributed by atoms with Crippen LogP contribution in [0.4, 0.5) is 25.0 Å². The largest absolute Gasteiger partial charge is 0.322 e. The molecule has 1 aliphatic rings. The van der Waals surface area contributed by atoms with E-state index in [2.05, 4.69) is 10.6 Å². The van der Waals surface area contributed by atoms with E-state index < -0.39 is 39.6 Å². The van der Waals surface area contributed by atoms with Crippen molar-refractivity contribution in [3.05, 3.63) is 77.9 Å². The minimum Gasteiger partial charge on any atom is -0.322 e. The van der Waals surface area contributed by atoms with Gasteiger partial charge < -0.3 is 15.5 Å². The second-order valence-corrected chi connectivity index (χ2v) is 10.0. The second kappa shape index (κ2) is 10.0. The van der Waals surface area contributed by atoms with Crippen molar-refractivity contribution >= 4 is 33.3 Å². The number of carbonyl (C=O) groups is 2. The van der Waals surface area contributed by atoms with Crippen molar-refractivity contribution in [3.63, 3.8) is 0 Å². The summed E-state index contributed by atoms with van der Waals surface area (Å²) in [6.07, 6.45) is 0.947. The van der Waals surface area contributed by atoms with Gasteiger partial charge in [-0.1, -0.05) is 30.3 Å². The van der Waals surface area contributed by atoms with E-state index in [1.165, 1.54) is 47.4 Å². The zero-order valence-electron chi connectivity index (χ0n) is 19.3. The summed E-state index contributed by atoms with van der Waals surface area (Å²) in [6.45, 7) is 1.91. The zero-order valence-corrected chi connectivity index (χ0v) is 20.1. The Bertz CT molecular complexity index is 1450. The van der Waals surface area contributed by atoms with Gasteiger partial charge in [0, 0.05) is 17.8 Å². The molecule has 0 bridgehead atoms. The van der Waals surface area contributed by atoms with Crippen LogP contribution >= 0.6 is 0 Å². The Morgan fingerprint density at radius 3 is 2.44 bits per heavy atom. The normalized spacial score (nSPS) is 15.6. The molecule has 3 aromatic carbocycles. The highest BCUT2D eigenvalue weighted by molar-refractivity contribution is 7.89. The zero-order chi connectivity index (χ0) is 26.0. The molecule has 4 rings (SSSR count). The summed E-state index contributed by atoms with van der Waals surface area (Å²) in [5.74, 6) is -1.82. The third-order valence-corrected chi connectivity index (χ3v) is 6.94. The number of anilines is 2. The van der Waals surface area contributed by atoms with E-state index in [4.69, 9.17) is 5.14 Å². The number of likely N-dealkylation sites (tertiary alicyclic amines) is 1. The molecule has 188 valence electrons. The molecular weight excluding hydrogens is 490 g/mol. The maximum atomic E-state index is 14.9. The Balaban J connectivity index is 1.49. The van der Waals surface area contributed by atoms with Crippen LogP contribution in [0, 0.1) is 18.6 Å². The molecule has 0 aromatic heterocycles. The molecule has 0 radical (unpaired) electrons. The topological polar surface area (TPSA) is 122 Å². The minimum absolute atomic E-state index is 0.121. The lowest BCUT2D eigenvalue weighted by Gasteiger charge is -2.24. The van der Waals surface area contributed by atoms with Crippen LogP contribution in [0.25, 0.3) is 11.1 Å². The van der Waals surface area contributed by atoms with Gasteiger partial charge in [-0.2, -0.15) is 0 Å². The molecule has 1 aliphatic heterocycles. The number of benzene rings is 3. The second-order valence-electron chi connectivity index (χ2n) is 8.47. The lowest BCUT2D eigenvalue weighted by molar-refractivity contribution is -0.119. The van der Waals surface area contributed by atoms with E-state index in [9.17, 15) is 26.8 Å². The molecule has 1 fully saturated rings. The fraction of sp³-hybridized carbons (Fsp3) is 0.200. The highest BCUT2D eigenvalue weighted by atomic mass is 32.2. The lowest BCUT2D eigenvalue weighted by Crippen LogP contribution is -2.45. The maximum absolute atomic E-state index is 14.9. The summed E-state index contributed by atoms with van der Waals surface area (Å²) in [5, 5.41) is 10.4. The first kappa shape index (κ1) is 25.3. The Morgan fingerprint density at radius 2 is 1.75 bits per heavy atom. The van der Waals surface area contributed by atoms with E-state index >= 15 is 0 Å². The molecule has 4 N–H and O–H groups in total. The summed E-state index contributed by atoms with van der Waals surface area (Å²) in [6, 6.07) is 12.7. The summed E-state index contributed by atoms with van der Waals surface area (Å²) < 4.78 is 52.5. The number of sulfonamides is 1. The molecule has 0 saturated carbocycles. The molecule has 0 spiro atoms. The Labute approximate surface area is 207 Å². The van der Waals surface area contributed by atoms with Crippen molar-refractivity contribution in [2.75, 3.05) is 17.2 Å². The number of hydrogen-bond donors (Lipinski definition) is 3. The number of primary sulfonamides is 1. The smallest absolute Gasteiger partial charge is 0.322 e. The van der Waals surface area contributed by atoms with Crippen LogP contribution in [-0.4, -0.2) is 37.8 Å². The third kappa shape index (κ3) is 5.37. The fourth-order valence-electron chi connectivity index (χ4n) is 4.10. The van der Waals surface area contributed by atoms with Gasteiger partial charge in [0.15, 0.2) is 0 Å². The number of halogens is 2. The van der Waals surface area contributed by atoms with Crippen molar-refractivity contribution in [3.8, 4) is 11.1 Å². The summed E-state index contributed by atoms with van der Waals surface area (Å²) >= 11 is 0. The molecule has 1 atom stereocenters. The molecular formula is C25H24F2N4O4S. The summed E-state index contributed by atoms with van der Waals surface area (Å²) in [7, 11) is -4.03. The predicted octanol–water partition coefficient (Wildman–Crippen LogP) is 4.22. The van der Waals surface area contributed by atoms with Crippen LogP contribution in [0.15, 0.2) is 65.6 Å². The van der Waals surface area contributed by atoms with E-state index in [1.807, 2.05) is 0 Å². The van der Waals surface area contributed by atoms with Crippen LogP contribution in [0.1, 0.15) is 18.4 Å². The van der Waals surface area contributed by atoms with Crippen molar-refractivity contribution in [1.82, 2.24) is 4.90 Å². The first-order chi connectivity index (χ1) is 17.0. The van der Waals surface area contributed by atoms with Gasteiger partial charge in [0.25, 0.3) is 0 Å². The Morgan fingerprint density at radius 1 is 1.00 bits per heavy atom. The first-order valence-electron chi connectivity index (χ1n) is 11.1. The van der Waals surface area contributed by atoms with Crippen molar-refractivity contribution in [1.29, 1.82) is 0 Å². The number of hydrogen-bond acceptors (Lipinski definition) is 4. The molecule has 3 aromatic rings. The molecule has 8 nitrogen and oxygen atoms in total. The van der Waals surface area contributed by atoms with Crippen LogP contribution in [0.5, 0.6) is 0 Å². The van der Waals surface area contributed by atoms with Gasteiger partial charge in [0.05, 0.1) is 10.6 Å². The van der Waals surface area contributed by atoms with Crippen LogP contribution in [0.3, 0.4) is 0 Å². The van der Waals surface area contributed by atoms with Gasteiger partial charge in [0.2, 0.25) is 15.9 Å². The molecule has 36 heavy (non-hydrogen) atoms. The monoisotopic (exact) mass is 514 g/mol. The van der Waals surface area contributed by atoms with Crippen molar-refractivity contribution < 1.29 is 26.8 Å². The number of aryl methyl sites for hydroxylation is 1. The highest BCUT2D eigenvalue weighted by Gasteiger charge is 2.34. The molecule has 3 amide bonds. The number of nitrogens with one attached hydrogen (secondary N) is 2. The van der Waals surface area contributed by atoms with E-state index in [-0.39, 0.29) is 27.4 Å². The van der Waals surface area contributed by atoms with Gasteiger partial charge in [-0.05, 0) is 61.2 Å². The Kier molecular flexibility index (Phi) is 7.04. The van der Waals surface area contributed by atoms with Gasteiger partial charge in [0.1, 0.15) is 17.7 Å². The third-order valence-electron chi connectivity index (χ3n) is 5.97. The van der Waals surface area contributed by atoms with Crippen molar-refractivity contribution in [2.24, 2.45) is 5.14 Å².